The number of alkyl halides is 3. The van der Waals surface area contributed by atoms with Gasteiger partial charge in [-0.05, 0) is 5.56 Å². The average molecular weight is 309 g/mol. The molecule has 0 aliphatic heterocycles. The molecule has 0 saturated carbocycles. The lowest BCUT2D eigenvalue weighted by atomic mass is 10.2. The van der Waals surface area contributed by atoms with Crippen molar-refractivity contribution in [3.8, 4) is 0 Å². The summed E-state index contributed by atoms with van der Waals surface area (Å²) in [5.41, 5.74) is 1.05. The quantitative estimate of drug-likeness (QED) is 0.859. The van der Waals surface area contributed by atoms with Crippen LogP contribution in [0.4, 0.5) is 4.79 Å². The van der Waals surface area contributed by atoms with Gasteiger partial charge in [-0.1, -0.05) is 77.3 Å². The lowest BCUT2D eigenvalue weighted by molar-refractivity contribution is 0.149. The fourth-order valence-corrected chi connectivity index (χ4v) is 1.26. The summed E-state index contributed by atoms with van der Waals surface area (Å²) in [6.45, 7) is 0.0550. The van der Waals surface area contributed by atoms with Crippen molar-refractivity contribution in [2.75, 3.05) is 13.2 Å². The number of hydrogen-bond acceptors (Lipinski definition) is 2. The third-order valence-electron chi connectivity index (χ3n) is 1.84. The van der Waals surface area contributed by atoms with Crippen LogP contribution in [-0.2, 0) is 4.74 Å². The number of benzene rings is 1. The Morgan fingerprint density at radius 3 is 2.56 bits per heavy atom. The molecule has 6 heteroatoms. The largest absolute Gasteiger partial charge is 0.445 e. The predicted octanol–water partition coefficient (Wildman–Crippen LogP) is 3.80. The van der Waals surface area contributed by atoms with Gasteiger partial charge in [-0.25, -0.2) is 4.79 Å². The second kappa shape index (κ2) is 7.52. The van der Waals surface area contributed by atoms with Gasteiger partial charge in [0.1, 0.15) is 6.61 Å². The molecule has 0 fully saturated rings. The Balaban J connectivity index is 2.22. The van der Waals surface area contributed by atoms with Crippen LogP contribution in [0.3, 0.4) is 0 Å². The number of ether oxygens (including phenoxy) is 1. The molecular weight excluding hydrogens is 296 g/mol. The zero-order valence-electron chi connectivity index (χ0n) is 9.41. The lowest BCUT2D eigenvalue weighted by Crippen LogP contribution is -2.27. The minimum absolute atomic E-state index is 0.286. The molecule has 0 aromatic heterocycles. The van der Waals surface area contributed by atoms with E-state index in [9.17, 15) is 4.79 Å². The Kier molecular flexibility index (Phi) is 6.33. The Labute approximate surface area is 121 Å². The van der Waals surface area contributed by atoms with E-state index >= 15 is 0 Å². The molecule has 0 unspecified atom stereocenters. The number of hydrogen-bond donors (Lipinski definition) is 1. The van der Waals surface area contributed by atoms with Crippen molar-refractivity contribution in [3.63, 3.8) is 0 Å². The van der Waals surface area contributed by atoms with E-state index in [-0.39, 0.29) is 6.61 Å². The van der Waals surface area contributed by atoms with Gasteiger partial charge in [-0.15, -0.1) is 0 Å². The molecule has 98 valence electrons. The molecule has 0 spiro atoms. The van der Waals surface area contributed by atoms with Gasteiger partial charge in [0, 0.05) is 6.54 Å². The van der Waals surface area contributed by atoms with Crippen LogP contribution in [0.25, 0.3) is 6.08 Å². The summed E-state index contributed by atoms with van der Waals surface area (Å²) < 4.78 is 3.09. The van der Waals surface area contributed by atoms with E-state index in [4.69, 9.17) is 34.8 Å². The fraction of sp³-hybridized carbons (Fsp3) is 0.250. The third kappa shape index (κ3) is 7.43. The smallest absolute Gasteiger partial charge is 0.407 e. The van der Waals surface area contributed by atoms with Gasteiger partial charge in [0.25, 0.3) is 0 Å². The van der Waals surface area contributed by atoms with Crippen molar-refractivity contribution in [2.24, 2.45) is 0 Å². The molecule has 0 radical (unpaired) electrons. The van der Waals surface area contributed by atoms with Crippen LogP contribution in [0.5, 0.6) is 0 Å². The highest BCUT2D eigenvalue weighted by atomic mass is 35.6. The molecule has 1 amide bonds. The first-order valence-electron chi connectivity index (χ1n) is 5.16. The van der Waals surface area contributed by atoms with Crippen molar-refractivity contribution >= 4 is 47.0 Å². The summed E-state index contributed by atoms with van der Waals surface area (Å²) in [5.74, 6) is 0. The molecule has 1 aromatic carbocycles. The minimum atomic E-state index is -1.59. The number of rotatable bonds is 4. The normalized spacial score (nSPS) is 11.5. The van der Waals surface area contributed by atoms with E-state index in [1.54, 1.807) is 6.08 Å². The summed E-state index contributed by atoms with van der Waals surface area (Å²) in [4.78, 5) is 11.2. The van der Waals surface area contributed by atoms with Gasteiger partial charge in [0.05, 0.1) is 0 Å². The summed E-state index contributed by atoms with van der Waals surface area (Å²) in [6.07, 6.45) is 3.06. The van der Waals surface area contributed by atoms with Gasteiger partial charge in [0.15, 0.2) is 0 Å². The van der Waals surface area contributed by atoms with Crippen molar-refractivity contribution in [3.05, 3.63) is 42.0 Å². The third-order valence-corrected chi connectivity index (χ3v) is 2.17. The van der Waals surface area contributed by atoms with Crippen LogP contribution in [0.15, 0.2) is 36.4 Å². The first-order chi connectivity index (χ1) is 8.47. The van der Waals surface area contributed by atoms with E-state index in [0.717, 1.165) is 5.56 Å². The van der Waals surface area contributed by atoms with Crippen LogP contribution in [0, 0.1) is 0 Å². The number of amides is 1. The Morgan fingerprint density at radius 1 is 1.28 bits per heavy atom. The van der Waals surface area contributed by atoms with Crippen LogP contribution in [0.2, 0.25) is 0 Å². The summed E-state index contributed by atoms with van der Waals surface area (Å²) in [5, 5.41) is 2.50. The number of halogens is 3. The molecule has 0 saturated heterocycles. The second-order valence-corrected chi connectivity index (χ2v) is 5.90. The molecule has 18 heavy (non-hydrogen) atoms. The van der Waals surface area contributed by atoms with Crippen molar-refractivity contribution < 1.29 is 9.53 Å². The highest BCUT2D eigenvalue weighted by molar-refractivity contribution is 6.67. The highest BCUT2D eigenvalue weighted by Gasteiger charge is 2.21. The molecule has 0 heterocycles. The fourth-order valence-electron chi connectivity index (χ4n) is 1.10. The molecule has 0 aliphatic carbocycles. The Bertz CT molecular complexity index is 402. The Hall–Kier alpha value is -0.900. The highest BCUT2D eigenvalue weighted by Crippen LogP contribution is 2.25. The molecule has 0 bridgehead atoms. The molecular formula is C12H12Cl3NO2. The SMILES string of the molecule is O=C(NCC=Cc1ccccc1)OCC(Cl)(Cl)Cl. The second-order valence-electron chi connectivity index (χ2n) is 3.39. The van der Waals surface area contributed by atoms with Crippen molar-refractivity contribution in [2.45, 2.75) is 3.79 Å². The average Bonchev–Trinajstić information content (AvgIpc) is 2.33. The van der Waals surface area contributed by atoms with Crippen molar-refractivity contribution in [1.29, 1.82) is 0 Å². The maximum atomic E-state index is 11.2. The van der Waals surface area contributed by atoms with E-state index in [2.05, 4.69) is 10.1 Å². The number of carbonyl (C=O) groups excluding carboxylic acids is 1. The topological polar surface area (TPSA) is 38.3 Å². The van der Waals surface area contributed by atoms with E-state index in [1.165, 1.54) is 0 Å². The van der Waals surface area contributed by atoms with Gasteiger partial charge in [-0.2, -0.15) is 0 Å². The molecule has 0 atom stereocenters. The molecule has 1 rings (SSSR count). The predicted molar refractivity (Wildman–Crippen MR) is 75.1 cm³/mol. The van der Waals surface area contributed by atoms with Gasteiger partial charge < -0.3 is 10.1 Å². The molecule has 0 aliphatic rings. The zero-order chi connectivity index (χ0) is 13.4. The molecule has 3 nitrogen and oxygen atoms in total. The summed E-state index contributed by atoms with van der Waals surface area (Å²) in [6, 6.07) is 9.71. The minimum Gasteiger partial charge on any atom is -0.445 e. The van der Waals surface area contributed by atoms with Crippen LogP contribution in [-0.4, -0.2) is 23.0 Å². The van der Waals surface area contributed by atoms with E-state index in [0.29, 0.717) is 6.54 Å². The lowest BCUT2D eigenvalue weighted by Gasteiger charge is -2.11. The van der Waals surface area contributed by atoms with Crippen molar-refractivity contribution in [1.82, 2.24) is 5.32 Å². The molecule has 1 N–H and O–H groups in total. The number of alkyl carbamates (subject to hydrolysis) is 1. The van der Waals surface area contributed by atoms with Gasteiger partial charge in [-0.3, -0.25) is 0 Å². The number of carbonyl (C=O) groups is 1. The maximum Gasteiger partial charge on any atom is 0.407 e. The van der Waals surface area contributed by atoms with Crippen LogP contribution < -0.4 is 5.32 Å². The first-order valence-corrected chi connectivity index (χ1v) is 6.30. The van der Waals surface area contributed by atoms with Gasteiger partial charge >= 0.3 is 6.09 Å². The van der Waals surface area contributed by atoms with E-state index in [1.807, 2.05) is 36.4 Å². The summed E-state index contributed by atoms with van der Waals surface area (Å²) in [7, 11) is 0. The van der Waals surface area contributed by atoms with Gasteiger partial charge in [0.2, 0.25) is 3.79 Å². The molecule has 1 aromatic rings. The Morgan fingerprint density at radius 2 is 1.94 bits per heavy atom. The first kappa shape index (κ1) is 15.2. The van der Waals surface area contributed by atoms with Crippen LogP contribution in [0.1, 0.15) is 5.56 Å². The summed E-state index contributed by atoms with van der Waals surface area (Å²) >= 11 is 16.3. The maximum absolute atomic E-state index is 11.2. The van der Waals surface area contributed by atoms with Crippen LogP contribution >= 0.6 is 34.8 Å². The van der Waals surface area contributed by atoms with E-state index < -0.39 is 9.89 Å². The standard InChI is InChI=1S/C12H12Cl3NO2/c13-12(14,15)9-18-11(17)16-8-4-7-10-5-2-1-3-6-10/h1-7H,8-9H2,(H,16,17). The monoisotopic (exact) mass is 307 g/mol. The number of nitrogens with one attached hydrogen (secondary N) is 1. The zero-order valence-corrected chi connectivity index (χ0v) is 11.7.